The predicted octanol–water partition coefficient (Wildman–Crippen LogP) is 3.11. The topological polar surface area (TPSA) is 66.4 Å². The van der Waals surface area contributed by atoms with Crippen LogP contribution in [0.4, 0.5) is 0 Å². The quantitative estimate of drug-likeness (QED) is 0.813. The van der Waals surface area contributed by atoms with E-state index in [1.54, 1.807) is 0 Å². The summed E-state index contributed by atoms with van der Waals surface area (Å²) >= 11 is 0. The largest absolute Gasteiger partial charge is 0.481 e. The fourth-order valence-corrected chi connectivity index (χ4v) is 3.89. The van der Waals surface area contributed by atoms with E-state index in [0.29, 0.717) is 18.8 Å². The first-order valence-corrected chi connectivity index (χ1v) is 8.05. The number of nitrogens with one attached hydrogen (secondary N) is 1. The van der Waals surface area contributed by atoms with E-state index in [1.165, 1.54) is 25.7 Å². The maximum atomic E-state index is 12.1. The van der Waals surface area contributed by atoms with Gasteiger partial charge in [0.2, 0.25) is 5.91 Å². The number of hydrogen-bond donors (Lipinski definition) is 2. The summed E-state index contributed by atoms with van der Waals surface area (Å²) in [6, 6.07) is 0. The van der Waals surface area contributed by atoms with E-state index in [4.69, 9.17) is 0 Å². The van der Waals surface area contributed by atoms with Gasteiger partial charge in [-0.2, -0.15) is 0 Å². The molecule has 0 radical (unpaired) electrons. The molecule has 2 N–H and O–H groups in total. The number of carbonyl (C=O) groups excluding carboxylic acids is 1. The zero-order chi connectivity index (χ0) is 14.6. The average Bonchev–Trinajstić information content (AvgIpc) is 2.89. The number of aliphatic carboxylic acids is 1. The molecule has 0 aromatic carbocycles. The molecule has 20 heavy (non-hydrogen) atoms. The molecule has 1 amide bonds. The van der Waals surface area contributed by atoms with Gasteiger partial charge in [0.25, 0.3) is 0 Å². The zero-order valence-electron chi connectivity index (χ0n) is 12.5. The molecule has 114 valence electrons. The predicted molar refractivity (Wildman–Crippen MR) is 77.3 cm³/mol. The van der Waals surface area contributed by atoms with Crippen LogP contribution in [0.1, 0.15) is 71.1 Å². The Morgan fingerprint density at radius 3 is 2.45 bits per heavy atom. The summed E-state index contributed by atoms with van der Waals surface area (Å²) in [5, 5.41) is 12.4. The third kappa shape index (κ3) is 3.74. The molecule has 2 atom stereocenters. The molecule has 0 bridgehead atoms. The summed E-state index contributed by atoms with van der Waals surface area (Å²) < 4.78 is 0. The highest BCUT2D eigenvalue weighted by Gasteiger charge is 2.42. The van der Waals surface area contributed by atoms with Crippen molar-refractivity contribution in [3.63, 3.8) is 0 Å². The van der Waals surface area contributed by atoms with E-state index in [9.17, 15) is 14.7 Å². The maximum Gasteiger partial charge on any atom is 0.308 e. The lowest BCUT2D eigenvalue weighted by Crippen LogP contribution is -2.55. The van der Waals surface area contributed by atoms with Crippen molar-refractivity contribution < 1.29 is 14.7 Å². The Bertz CT molecular complexity index is 363. The second kappa shape index (κ2) is 6.59. The SMILES string of the molecule is CC1(NC(=O)CCC2CCCC2)CCCCC1C(=O)O. The highest BCUT2D eigenvalue weighted by atomic mass is 16.4. The van der Waals surface area contributed by atoms with Crippen LogP contribution >= 0.6 is 0 Å². The van der Waals surface area contributed by atoms with Crippen LogP contribution in [0.15, 0.2) is 0 Å². The molecule has 2 fully saturated rings. The van der Waals surface area contributed by atoms with Crippen molar-refractivity contribution in [3.8, 4) is 0 Å². The lowest BCUT2D eigenvalue weighted by Gasteiger charge is -2.40. The van der Waals surface area contributed by atoms with Gasteiger partial charge in [0.05, 0.1) is 11.5 Å². The monoisotopic (exact) mass is 281 g/mol. The van der Waals surface area contributed by atoms with Crippen molar-refractivity contribution in [2.75, 3.05) is 0 Å². The Kier molecular flexibility index (Phi) is 5.06. The molecule has 0 aromatic heterocycles. The van der Waals surface area contributed by atoms with Gasteiger partial charge in [0, 0.05) is 6.42 Å². The highest BCUT2D eigenvalue weighted by Crippen LogP contribution is 2.34. The number of carboxylic acids is 1. The van der Waals surface area contributed by atoms with Crippen LogP contribution in [0.5, 0.6) is 0 Å². The number of amides is 1. The molecule has 0 spiro atoms. The fraction of sp³-hybridized carbons (Fsp3) is 0.875. The molecule has 2 unspecified atom stereocenters. The Morgan fingerprint density at radius 1 is 1.15 bits per heavy atom. The molecule has 0 heterocycles. The van der Waals surface area contributed by atoms with Gasteiger partial charge < -0.3 is 10.4 Å². The first-order valence-electron chi connectivity index (χ1n) is 8.05. The van der Waals surface area contributed by atoms with Gasteiger partial charge >= 0.3 is 5.97 Å². The van der Waals surface area contributed by atoms with Crippen molar-refractivity contribution in [2.24, 2.45) is 11.8 Å². The summed E-state index contributed by atoms with van der Waals surface area (Å²) in [7, 11) is 0. The van der Waals surface area contributed by atoms with E-state index in [-0.39, 0.29) is 5.91 Å². The van der Waals surface area contributed by atoms with Crippen LogP contribution in [0.25, 0.3) is 0 Å². The average molecular weight is 281 g/mol. The molecule has 2 rings (SSSR count). The van der Waals surface area contributed by atoms with Gasteiger partial charge in [-0.3, -0.25) is 9.59 Å². The first kappa shape index (κ1) is 15.3. The maximum absolute atomic E-state index is 12.1. The minimum atomic E-state index is -0.775. The summed E-state index contributed by atoms with van der Waals surface area (Å²) in [4.78, 5) is 23.5. The van der Waals surface area contributed by atoms with Crippen LogP contribution in [0, 0.1) is 11.8 Å². The van der Waals surface area contributed by atoms with Crippen molar-refractivity contribution in [2.45, 2.75) is 76.7 Å². The van der Waals surface area contributed by atoms with E-state index in [2.05, 4.69) is 5.32 Å². The van der Waals surface area contributed by atoms with Gasteiger partial charge in [0.1, 0.15) is 0 Å². The Balaban J connectivity index is 1.85. The smallest absolute Gasteiger partial charge is 0.308 e. The van der Waals surface area contributed by atoms with Crippen LogP contribution in [-0.4, -0.2) is 22.5 Å². The molecule has 4 nitrogen and oxygen atoms in total. The van der Waals surface area contributed by atoms with Gasteiger partial charge in [-0.25, -0.2) is 0 Å². The normalized spacial score (nSPS) is 31.1. The summed E-state index contributed by atoms with van der Waals surface area (Å²) in [6.07, 6.45) is 10.0. The molecule has 0 aliphatic heterocycles. The highest BCUT2D eigenvalue weighted by molar-refractivity contribution is 5.79. The Hall–Kier alpha value is -1.06. The molecule has 2 saturated carbocycles. The van der Waals surface area contributed by atoms with E-state index >= 15 is 0 Å². The molecule has 0 saturated heterocycles. The second-order valence-electron chi connectivity index (χ2n) is 6.79. The summed E-state index contributed by atoms with van der Waals surface area (Å²) in [5.41, 5.74) is -0.559. The number of carboxylic acid groups (broad SMARTS) is 1. The third-order valence-corrected chi connectivity index (χ3v) is 5.19. The standard InChI is InChI=1S/C16H27NO3/c1-16(11-5-4-8-13(16)15(19)20)17-14(18)10-9-12-6-2-3-7-12/h12-13H,2-11H2,1H3,(H,17,18)(H,19,20). The van der Waals surface area contributed by atoms with Crippen LogP contribution in [0.3, 0.4) is 0 Å². The number of carbonyl (C=O) groups is 2. The van der Waals surface area contributed by atoms with E-state index < -0.39 is 17.4 Å². The van der Waals surface area contributed by atoms with Crippen LogP contribution in [0.2, 0.25) is 0 Å². The fourth-order valence-electron chi connectivity index (χ4n) is 3.89. The zero-order valence-corrected chi connectivity index (χ0v) is 12.5. The minimum absolute atomic E-state index is 0.0348. The number of rotatable bonds is 5. The molecule has 2 aliphatic rings. The van der Waals surface area contributed by atoms with Gasteiger partial charge in [0.15, 0.2) is 0 Å². The van der Waals surface area contributed by atoms with Crippen molar-refractivity contribution in [1.82, 2.24) is 5.32 Å². The van der Waals surface area contributed by atoms with E-state index in [1.807, 2.05) is 6.92 Å². The first-order chi connectivity index (χ1) is 9.51. The van der Waals surface area contributed by atoms with Crippen molar-refractivity contribution >= 4 is 11.9 Å². The molecule has 2 aliphatic carbocycles. The molecule has 4 heteroatoms. The van der Waals surface area contributed by atoms with E-state index in [0.717, 1.165) is 25.7 Å². The minimum Gasteiger partial charge on any atom is -0.481 e. The lowest BCUT2D eigenvalue weighted by atomic mass is 9.74. The summed E-state index contributed by atoms with van der Waals surface area (Å²) in [5.74, 6) is -0.474. The van der Waals surface area contributed by atoms with Crippen molar-refractivity contribution in [3.05, 3.63) is 0 Å². The lowest BCUT2D eigenvalue weighted by molar-refractivity contribution is -0.146. The van der Waals surface area contributed by atoms with Crippen LogP contribution < -0.4 is 5.32 Å². The third-order valence-electron chi connectivity index (χ3n) is 5.19. The van der Waals surface area contributed by atoms with Gasteiger partial charge in [-0.05, 0) is 32.1 Å². The Morgan fingerprint density at radius 2 is 1.80 bits per heavy atom. The molecule has 0 aromatic rings. The molecular weight excluding hydrogens is 254 g/mol. The van der Waals surface area contributed by atoms with Gasteiger partial charge in [-0.1, -0.05) is 38.5 Å². The Labute approximate surface area is 121 Å². The van der Waals surface area contributed by atoms with Crippen molar-refractivity contribution in [1.29, 1.82) is 0 Å². The van der Waals surface area contributed by atoms with Gasteiger partial charge in [-0.15, -0.1) is 0 Å². The molecular formula is C16H27NO3. The summed E-state index contributed by atoms with van der Waals surface area (Å²) in [6.45, 7) is 1.90. The second-order valence-corrected chi connectivity index (χ2v) is 6.79. The van der Waals surface area contributed by atoms with Crippen LogP contribution in [-0.2, 0) is 9.59 Å². The number of hydrogen-bond acceptors (Lipinski definition) is 2.